The fourth-order valence-electron chi connectivity index (χ4n) is 1.05. The molecule has 0 saturated heterocycles. The monoisotopic (exact) mass is 200 g/mol. The van der Waals surface area contributed by atoms with Crippen LogP contribution in [-0.4, -0.2) is 24.7 Å². The molecule has 1 aromatic rings. The van der Waals surface area contributed by atoms with Gasteiger partial charge in [0.05, 0.1) is 0 Å². The summed E-state index contributed by atoms with van der Waals surface area (Å²) in [4.78, 5) is 1.01. The first kappa shape index (κ1) is 10.7. The summed E-state index contributed by atoms with van der Waals surface area (Å²) < 4.78 is 0. The molecule has 13 heavy (non-hydrogen) atoms. The molecule has 0 aliphatic carbocycles. The number of nitrogens with one attached hydrogen (secondary N) is 1. The van der Waals surface area contributed by atoms with Gasteiger partial charge in [-0.2, -0.15) is 0 Å². The normalized spacial score (nSPS) is 13.1. The van der Waals surface area contributed by atoms with Crippen LogP contribution in [-0.2, 0) is 0 Å². The van der Waals surface area contributed by atoms with Gasteiger partial charge in [-0.3, -0.25) is 0 Å². The quantitative estimate of drug-likeness (QED) is 0.593. The molecule has 74 valence electrons. The molecule has 1 rings (SSSR count). The Morgan fingerprint density at radius 3 is 3.08 bits per heavy atom. The van der Waals surface area contributed by atoms with Crippen molar-refractivity contribution in [2.45, 2.75) is 12.5 Å². The highest BCUT2D eigenvalue weighted by Crippen LogP contribution is 2.17. The van der Waals surface area contributed by atoms with Gasteiger partial charge in [0.15, 0.2) is 0 Å². The first-order valence-electron chi connectivity index (χ1n) is 4.47. The van der Waals surface area contributed by atoms with Gasteiger partial charge in [-0.25, -0.2) is 0 Å². The lowest BCUT2D eigenvalue weighted by molar-refractivity contribution is 0.178. The van der Waals surface area contributed by atoms with Crippen molar-refractivity contribution in [3.8, 4) is 0 Å². The third kappa shape index (κ3) is 3.87. The number of aliphatic hydroxyl groups excluding tert-OH is 1. The highest BCUT2D eigenvalue weighted by Gasteiger charge is 2.06. The maximum absolute atomic E-state index is 9.63. The third-order valence-electron chi connectivity index (χ3n) is 1.77. The zero-order chi connectivity index (χ0) is 9.52. The van der Waals surface area contributed by atoms with Gasteiger partial charge in [-0.1, -0.05) is 6.07 Å². The summed E-state index contributed by atoms with van der Waals surface area (Å²) >= 11 is 1.58. The van der Waals surface area contributed by atoms with E-state index in [0.717, 1.165) is 17.8 Å². The lowest BCUT2D eigenvalue weighted by atomic mass is 10.3. The topological polar surface area (TPSA) is 58.3 Å². The van der Waals surface area contributed by atoms with Gasteiger partial charge >= 0.3 is 0 Å². The number of thiophene rings is 1. The van der Waals surface area contributed by atoms with Gasteiger partial charge in [0.25, 0.3) is 0 Å². The van der Waals surface area contributed by atoms with Crippen molar-refractivity contribution < 1.29 is 5.11 Å². The minimum Gasteiger partial charge on any atom is -0.386 e. The van der Waals surface area contributed by atoms with E-state index in [-0.39, 0.29) is 6.10 Å². The largest absolute Gasteiger partial charge is 0.386 e. The molecule has 0 bridgehead atoms. The van der Waals surface area contributed by atoms with Crippen LogP contribution in [0, 0.1) is 0 Å². The van der Waals surface area contributed by atoms with Crippen molar-refractivity contribution in [1.82, 2.24) is 5.32 Å². The second kappa shape index (κ2) is 6.10. The SMILES string of the molecule is NCCCNCC(O)c1cccs1. The van der Waals surface area contributed by atoms with Crippen LogP contribution in [0.2, 0.25) is 0 Å². The van der Waals surface area contributed by atoms with E-state index in [1.807, 2.05) is 17.5 Å². The predicted octanol–water partition coefficient (Wildman–Crippen LogP) is 0.720. The van der Waals surface area contributed by atoms with E-state index in [1.54, 1.807) is 11.3 Å². The zero-order valence-corrected chi connectivity index (χ0v) is 8.39. The average Bonchev–Trinajstić information content (AvgIpc) is 2.65. The van der Waals surface area contributed by atoms with Crippen molar-refractivity contribution in [2.24, 2.45) is 5.73 Å². The molecule has 0 saturated carbocycles. The smallest absolute Gasteiger partial charge is 0.101 e. The van der Waals surface area contributed by atoms with Gasteiger partial charge in [-0.05, 0) is 31.0 Å². The first-order valence-corrected chi connectivity index (χ1v) is 5.35. The second-order valence-corrected chi connectivity index (χ2v) is 3.86. The minimum atomic E-state index is -0.377. The zero-order valence-electron chi connectivity index (χ0n) is 7.57. The molecule has 0 aliphatic rings. The summed E-state index contributed by atoms with van der Waals surface area (Å²) in [7, 11) is 0. The van der Waals surface area contributed by atoms with Crippen molar-refractivity contribution >= 4 is 11.3 Å². The van der Waals surface area contributed by atoms with E-state index < -0.39 is 0 Å². The second-order valence-electron chi connectivity index (χ2n) is 2.88. The Morgan fingerprint density at radius 1 is 1.62 bits per heavy atom. The Bertz CT molecular complexity index is 213. The molecule has 4 heteroatoms. The summed E-state index contributed by atoms with van der Waals surface area (Å²) in [5.41, 5.74) is 5.34. The van der Waals surface area contributed by atoms with Crippen LogP contribution in [0.25, 0.3) is 0 Å². The average molecular weight is 200 g/mol. The Kier molecular flexibility index (Phi) is 5.00. The Hall–Kier alpha value is -0.420. The molecule has 0 spiro atoms. The Labute approximate surface area is 82.6 Å². The van der Waals surface area contributed by atoms with E-state index in [9.17, 15) is 5.11 Å². The van der Waals surface area contributed by atoms with Crippen LogP contribution in [0.5, 0.6) is 0 Å². The number of hydrogen-bond acceptors (Lipinski definition) is 4. The van der Waals surface area contributed by atoms with Gasteiger partial charge in [-0.15, -0.1) is 11.3 Å². The van der Waals surface area contributed by atoms with Crippen molar-refractivity contribution in [2.75, 3.05) is 19.6 Å². The van der Waals surface area contributed by atoms with Gasteiger partial charge < -0.3 is 16.2 Å². The maximum atomic E-state index is 9.63. The molecule has 1 unspecified atom stereocenters. The van der Waals surface area contributed by atoms with Crippen molar-refractivity contribution in [1.29, 1.82) is 0 Å². The molecule has 0 radical (unpaired) electrons. The van der Waals surface area contributed by atoms with E-state index in [1.165, 1.54) is 0 Å². The molecule has 0 fully saturated rings. The standard InChI is InChI=1S/C9H16N2OS/c10-4-2-5-11-7-8(12)9-3-1-6-13-9/h1,3,6,8,11-12H,2,4-5,7,10H2. The summed E-state index contributed by atoms with van der Waals surface area (Å²) in [6.07, 6.45) is 0.578. The number of hydrogen-bond donors (Lipinski definition) is 3. The van der Waals surface area contributed by atoms with Crippen LogP contribution < -0.4 is 11.1 Å². The number of nitrogens with two attached hydrogens (primary N) is 1. The third-order valence-corrected chi connectivity index (χ3v) is 2.74. The molecule has 1 aromatic heterocycles. The minimum absolute atomic E-state index is 0.377. The molecule has 0 aliphatic heterocycles. The Balaban J connectivity index is 2.15. The maximum Gasteiger partial charge on any atom is 0.101 e. The highest BCUT2D eigenvalue weighted by atomic mass is 32.1. The Morgan fingerprint density at radius 2 is 2.46 bits per heavy atom. The fraction of sp³-hybridized carbons (Fsp3) is 0.556. The van der Waals surface area contributed by atoms with Gasteiger partial charge in [0.1, 0.15) is 6.10 Å². The molecule has 0 amide bonds. The molecule has 1 atom stereocenters. The van der Waals surface area contributed by atoms with Crippen molar-refractivity contribution in [3.63, 3.8) is 0 Å². The van der Waals surface area contributed by atoms with Crippen LogP contribution in [0.4, 0.5) is 0 Å². The van der Waals surface area contributed by atoms with Crippen LogP contribution in [0.1, 0.15) is 17.4 Å². The lowest BCUT2D eigenvalue weighted by Crippen LogP contribution is -2.23. The van der Waals surface area contributed by atoms with E-state index in [0.29, 0.717) is 13.1 Å². The first-order chi connectivity index (χ1) is 6.34. The summed E-state index contributed by atoms with van der Waals surface area (Å²) in [5, 5.41) is 14.7. The molecule has 0 aromatic carbocycles. The molecule has 4 N–H and O–H groups in total. The number of aliphatic hydroxyl groups is 1. The molecular weight excluding hydrogens is 184 g/mol. The van der Waals surface area contributed by atoms with Crippen LogP contribution >= 0.6 is 11.3 Å². The van der Waals surface area contributed by atoms with E-state index in [4.69, 9.17) is 5.73 Å². The fourth-order valence-corrected chi connectivity index (χ4v) is 1.76. The van der Waals surface area contributed by atoms with Gasteiger partial charge in [0.2, 0.25) is 0 Å². The van der Waals surface area contributed by atoms with E-state index >= 15 is 0 Å². The van der Waals surface area contributed by atoms with Gasteiger partial charge in [0, 0.05) is 11.4 Å². The van der Waals surface area contributed by atoms with Crippen molar-refractivity contribution in [3.05, 3.63) is 22.4 Å². The van der Waals surface area contributed by atoms with E-state index in [2.05, 4.69) is 5.32 Å². The summed E-state index contributed by atoms with van der Waals surface area (Å²) in [5.74, 6) is 0. The molecule has 3 nitrogen and oxygen atoms in total. The summed E-state index contributed by atoms with van der Waals surface area (Å²) in [6, 6.07) is 3.89. The number of rotatable bonds is 6. The van der Waals surface area contributed by atoms with Crippen LogP contribution in [0.15, 0.2) is 17.5 Å². The molecule has 1 heterocycles. The summed E-state index contributed by atoms with van der Waals surface area (Å²) in [6.45, 7) is 2.18. The predicted molar refractivity (Wildman–Crippen MR) is 55.8 cm³/mol. The van der Waals surface area contributed by atoms with Crippen LogP contribution in [0.3, 0.4) is 0 Å². The highest BCUT2D eigenvalue weighted by molar-refractivity contribution is 7.10. The lowest BCUT2D eigenvalue weighted by Gasteiger charge is -2.09. The molecular formula is C9H16N2OS.